The molecule has 19 heavy (non-hydrogen) atoms. The molecule has 0 amide bonds. The smallest absolute Gasteiger partial charge is 0.354 e. The van der Waals surface area contributed by atoms with Gasteiger partial charge in [0.15, 0.2) is 5.56 Å². The summed E-state index contributed by atoms with van der Waals surface area (Å²) in [5, 5.41) is 10.3. The summed E-state index contributed by atoms with van der Waals surface area (Å²) in [6, 6.07) is 14.6. The third kappa shape index (κ3) is 1.69. The van der Waals surface area contributed by atoms with Crippen LogP contribution in [0.25, 0.3) is 16.8 Å². The Bertz CT molecular complexity index is 807. The van der Waals surface area contributed by atoms with E-state index >= 15 is 0 Å². The van der Waals surface area contributed by atoms with Crippen LogP contribution < -0.4 is 9.96 Å². The van der Waals surface area contributed by atoms with Gasteiger partial charge in [-0.2, -0.15) is 8.97 Å². The van der Waals surface area contributed by atoms with Crippen molar-refractivity contribution in [3.8, 4) is 17.0 Å². The van der Waals surface area contributed by atoms with Crippen LogP contribution in [-0.4, -0.2) is 9.67 Å². The molecule has 0 saturated carbocycles. The highest BCUT2D eigenvalue weighted by molar-refractivity contribution is 5.67. The topological polar surface area (TPSA) is 46.3 Å². The van der Waals surface area contributed by atoms with Gasteiger partial charge >= 0.3 is 5.56 Å². The largest absolute Gasteiger partial charge is 0.477 e. The van der Waals surface area contributed by atoms with E-state index in [-0.39, 0.29) is 11.4 Å². The quantitative estimate of drug-likeness (QED) is 0.668. The van der Waals surface area contributed by atoms with Gasteiger partial charge in [-0.15, -0.1) is 0 Å². The highest BCUT2D eigenvalue weighted by atomic mass is 16.3. The molecule has 0 bridgehead atoms. The van der Waals surface area contributed by atoms with Gasteiger partial charge in [0.2, 0.25) is 0 Å². The number of aromatic hydroxyl groups is 1. The molecule has 0 saturated heterocycles. The average molecular weight is 253 g/mol. The molecule has 0 radical (unpaired) electrons. The summed E-state index contributed by atoms with van der Waals surface area (Å²) in [5.74, 6) is -0.0256. The number of aryl methyl sites for hydroxylation is 1. The molecule has 1 N–H and O–H groups in total. The van der Waals surface area contributed by atoms with Gasteiger partial charge in [-0.05, 0) is 11.6 Å². The lowest BCUT2D eigenvalue weighted by molar-refractivity contribution is -0.531. The summed E-state index contributed by atoms with van der Waals surface area (Å²) in [7, 11) is 1.73. The molecule has 4 heteroatoms. The van der Waals surface area contributed by atoms with Crippen molar-refractivity contribution in [2.24, 2.45) is 7.05 Å². The van der Waals surface area contributed by atoms with E-state index in [1.54, 1.807) is 29.9 Å². The summed E-state index contributed by atoms with van der Waals surface area (Å²) in [5.41, 5.74) is 1.44. The molecule has 0 unspecified atom stereocenters. The standard InChI is InChI=1S/C15H12N2O2/c1-16-12-9-5-6-10-17(12)15(19)13(14(16)18)11-7-3-2-4-8-11/h2-10H,1H3/p+1. The summed E-state index contributed by atoms with van der Waals surface area (Å²) in [6.45, 7) is 0. The van der Waals surface area contributed by atoms with Crippen LogP contribution in [0.5, 0.6) is 5.88 Å². The van der Waals surface area contributed by atoms with Crippen molar-refractivity contribution in [3.63, 3.8) is 0 Å². The maximum Gasteiger partial charge on any atom is 0.354 e. The lowest BCUT2D eigenvalue weighted by Gasteiger charge is -2.06. The molecule has 2 aromatic heterocycles. The van der Waals surface area contributed by atoms with E-state index in [0.717, 1.165) is 0 Å². The van der Waals surface area contributed by atoms with Crippen LogP contribution in [-0.2, 0) is 7.05 Å². The second-order valence-corrected chi connectivity index (χ2v) is 4.36. The molecule has 3 aromatic rings. The Kier molecular flexibility index (Phi) is 2.56. The molecule has 94 valence electrons. The first-order chi connectivity index (χ1) is 9.20. The monoisotopic (exact) mass is 253 g/mol. The van der Waals surface area contributed by atoms with Gasteiger partial charge in [-0.25, -0.2) is 4.79 Å². The van der Waals surface area contributed by atoms with Crippen molar-refractivity contribution in [2.45, 2.75) is 0 Å². The number of rotatable bonds is 1. The van der Waals surface area contributed by atoms with Crippen LogP contribution in [0.2, 0.25) is 0 Å². The van der Waals surface area contributed by atoms with Crippen LogP contribution in [0.3, 0.4) is 0 Å². The molecule has 1 aromatic carbocycles. The zero-order chi connectivity index (χ0) is 13.4. The van der Waals surface area contributed by atoms with Crippen molar-refractivity contribution in [1.82, 2.24) is 4.57 Å². The van der Waals surface area contributed by atoms with Crippen LogP contribution in [0.15, 0.2) is 59.5 Å². The molecule has 2 heterocycles. The molecular formula is C15H13N2O2+. The Morgan fingerprint density at radius 1 is 1.05 bits per heavy atom. The fourth-order valence-electron chi connectivity index (χ4n) is 2.23. The predicted molar refractivity (Wildman–Crippen MR) is 71.9 cm³/mol. The van der Waals surface area contributed by atoms with Crippen molar-refractivity contribution in [3.05, 3.63) is 65.1 Å². The zero-order valence-electron chi connectivity index (χ0n) is 10.4. The van der Waals surface area contributed by atoms with Crippen molar-refractivity contribution in [2.75, 3.05) is 0 Å². The van der Waals surface area contributed by atoms with Crippen LogP contribution in [0.4, 0.5) is 0 Å². The predicted octanol–water partition coefficient (Wildman–Crippen LogP) is 1.50. The number of pyridine rings is 1. The molecule has 0 aliphatic rings. The minimum Gasteiger partial charge on any atom is -0.477 e. The molecule has 0 atom stereocenters. The minimum atomic E-state index is -0.225. The van der Waals surface area contributed by atoms with Gasteiger partial charge < -0.3 is 5.11 Å². The normalized spacial score (nSPS) is 10.8. The Morgan fingerprint density at radius 2 is 1.74 bits per heavy atom. The Morgan fingerprint density at radius 3 is 2.47 bits per heavy atom. The average Bonchev–Trinajstić information content (AvgIpc) is 2.46. The van der Waals surface area contributed by atoms with E-state index in [1.165, 1.54) is 4.40 Å². The summed E-state index contributed by atoms with van der Waals surface area (Å²) in [4.78, 5) is 12.5. The van der Waals surface area contributed by atoms with E-state index < -0.39 is 0 Å². The SMILES string of the molecule is Cn1c(O)c(-c2ccccc2)c(=O)[n+]2ccccc12. The summed E-state index contributed by atoms with van der Waals surface area (Å²) in [6.07, 6.45) is 1.70. The van der Waals surface area contributed by atoms with Crippen LogP contribution >= 0.6 is 0 Å². The third-order valence-corrected chi connectivity index (χ3v) is 3.22. The number of hydrogen-bond donors (Lipinski definition) is 1. The van der Waals surface area contributed by atoms with Gasteiger partial charge in [0.1, 0.15) is 0 Å². The number of hydrogen-bond acceptors (Lipinski definition) is 2. The number of nitrogens with zero attached hydrogens (tertiary/aromatic N) is 2. The van der Waals surface area contributed by atoms with E-state index in [2.05, 4.69) is 0 Å². The van der Waals surface area contributed by atoms with Crippen LogP contribution in [0.1, 0.15) is 0 Å². The van der Waals surface area contributed by atoms with Gasteiger partial charge in [0, 0.05) is 6.07 Å². The second-order valence-electron chi connectivity index (χ2n) is 4.36. The highest BCUT2D eigenvalue weighted by Crippen LogP contribution is 2.24. The first-order valence-corrected chi connectivity index (χ1v) is 5.98. The molecule has 4 nitrogen and oxygen atoms in total. The zero-order valence-corrected chi connectivity index (χ0v) is 10.4. The van der Waals surface area contributed by atoms with Crippen molar-refractivity contribution >= 4 is 5.65 Å². The fraction of sp³-hybridized carbons (Fsp3) is 0.0667. The minimum absolute atomic E-state index is 0.0256. The maximum atomic E-state index is 12.5. The van der Waals surface area contributed by atoms with E-state index in [1.807, 2.05) is 36.4 Å². The van der Waals surface area contributed by atoms with E-state index in [0.29, 0.717) is 16.8 Å². The van der Waals surface area contributed by atoms with Gasteiger partial charge in [-0.1, -0.05) is 36.4 Å². The Hall–Kier alpha value is -2.62. The third-order valence-electron chi connectivity index (χ3n) is 3.22. The Labute approximate surface area is 109 Å². The van der Waals surface area contributed by atoms with E-state index in [4.69, 9.17) is 0 Å². The molecule has 3 rings (SSSR count). The number of benzene rings is 1. The number of fused-ring (bicyclic) bond motifs is 1. The lowest BCUT2D eigenvalue weighted by atomic mass is 10.1. The van der Waals surface area contributed by atoms with Gasteiger partial charge in [-0.3, -0.25) is 0 Å². The fourth-order valence-corrected chi connectivity index (χ4v) is 2.23. The molecule has 0 aliphatic carbocycles. The van der Waals surface area contributed by atoms with Crippen LogP contribution in [0, 0.1) is 0 Å². The highest BCUT2D eigenvalue weighted by Gasteiger charge is 2.22. The maximum absolute atomic E-state index is 12.5. The molecule has 0 spiro atoms. The number of aromatic nitrogens is 2. The second kappa shape index (κ2) is 4.24. The van der Waals surface area contributed by atoms with Gasteiger partial charge in [0.05, 0.1) is 13.2 Å². The van der Waals surface area contributed by atoms with Gasteiger partial charge in [0.25, 0.3) is 11.5 Å². The summed E-state index contributed by atoms with van der Waals surface area (Å²) >= 11 is 0. The summed E-state index contributed by atoms with van der Waals surface area (Å²) < 4.78 is 3.13. The first-order valence-electron chi connectivity index (χ1n) is 5.98. The molecular weight excluding hydrogens is 240 g/mol. The van der Waals surface area contributed by atoms with Crippen molar-refractivity contribution < 1.29 is 9.51 Å². The lowest BCUT2D eigenvalue weighted by Crippen LogP contribution is -2.43. The molecule has 0 aliphatic heterocycles. The van der Waals surface area contributed by atoms with Crippen molar-refractivity contribution in [1.29, 1.82) is 0 Å². The molecule has 0 fully saturated rings. The van der Waals surface area contributed by atoms with E-state index in [9.17, 15) is 9.90 Å². The first kappa shape index (κ1) is 11.5. The Balaban J connectivity index is 2.48.